The summed E-state index contributed by atoms with van der Waals surface area (Å²) in [6.07, 6.45) is 3.26. The van der Waals surface area contributed by atoms with E-state index < -0.39 is 5.97 Å². The number of ether oxygens (including phenoxy) is 1. The van der Waals surface area contributed by atoms with Gasteiger partial charge in [0.25, 0.3) is 0 Å². The Bertz CT molecular complexity index is 930. The van der Waals surface area contributed by atoms with Gasteiger partial charge in [-0.25, -0.2) is 4.79 Å². The number of halogens is 1. The van der Waals surface area contributed by atoms with Crippen LogP contribution in [0.1, 0.15) is 10.4 Å². The molecule has 2 aromatic rings. The van der Waals surface area contributed by atoms with Crippen molar-refractivity contribution in [1.82, 2.24) is 0 Å². The first-order valence-corrected chi connectivity index (χ1v) is 8.03. The van der Waals surface area contributed by atoms with Gasteiger partial charge in [0.15, 0.2) is 18.2 Å². The molecule has 1 aliphatic heterocycles. The molecule has 26 heavy (non-hydrogen) atoms. The second-order valence-electron chi connectivity index (χ2n) is 5.34. The fraction of sp³-hybridized carbons (Fsp3) is 0.0526. The first-order chi connectivity index (χ1) is 12.6. The Morgan fingerprint density at radius 3 is 2.65 bits per heavy atom. The Hall–Kier alpha value is -3.43. The number of rotatable bonds is 5. The van der Waals surface area contributed by atoms with Crippen molar-refractivity contribution in [3.8, 4) is 6.07 Å². The van der Waals surface area contributed by atoms with Crippen LogP contribution in [-0.4, -0.2) is 17.8 Å². The summed E-state index contributed by atoms with van der Waals surface area (Å²) < 4.78 is 5.59. The summed E-state index contributed by atoms with van der Waals surface area (Å²) in [5.74, 6) is -0.558. The van der Waals surface area contributed by atoms with Gasteiger partial charge < -0.3 is 15.2 Å². The van der Waals surface area contributed by atoms with E-state index in [0.717, 1.165) is 0 Å². The molecule has 0 aromatic heterocycles. The Morgan fingerprint density at radius 1 is 1.27 bits per heavy atom. The van der Waals surface area contributed by atoms with Gasteiger partial charge in [0.05, 0.1) is 16.3 Å². The van der Waals surface area contributed by atoms with Crippen molar-refractivity contribution in [2.75, 3.05) is 16.9 Å². The lowest BCUT2D eigenvalue weighted by Gasteiger charge is -2.16. The Balaban J connectivity index is 1.75. The zero-order valence-corrected chi connectivity index (χ0v) is 14.3. The smallest absolute Gasteiger partial charge is 0.335 e. The number of allylic oxidation sites excluding steroid dienone is 2. The van der Waals surface area contributed by atoms with Gasteiger partial charge in [-0.05, 0) is 42.5 Å². The van der Waals surface area contributed by atoms with E-state index in [1.807, 2.05) is 18.2 Å². The topological polar surface area (TPSA) is 85.6 Å². The van der Waals surface area contributed by atoms with Gasteiger partial charge >= 0.3 is 5.97 Å². The Morgan fingerprint density at radius 2 is 2.00 bits per heavy atom. The number of benzene rings is 2. The standard InChI is InChI=1S/C19H14ClN3O3/c20-15-3-1-2-4-16(15)23-12-26-18(17(23)11-21)9-10-22-14-7-5-13(6-8-14)19(24)25/h1-10,22H,12H2,(H,24,25)/b10-9+. The van der Waals surface area contributed by atoms with E-state index in [1.165, 1.54) is 12.1 Å². The molecule has 0 atom stereocenters. The van der Waals surface area contributed by atoms with Gasteiger partial charge in [-0.2, -0.15) is 5.26 Å². The summed E-state index contributed by atoms with van der Waals surface area (Å²) in [6.45, 7) is 0.194. The fourth-order valence-corrected chi connectivity index (χ4v) is 2.66. The molecule has 0 fully saturated rings. The van der Waals surface area contributed by atoms with Crippen LogP contribution in [0, 0.1) is 11.3 Å². The van der Waals surface area contributed by atoms with Crippen LogP contribution >= 0.6 is 11.6 Å². The molecular formula is C19H14ClN3O3. The highest BCUT2D eigenvalue weighted by molar-refractivity contribution is 6.33. The number of aromatic carboxylic acids is 1. The van der Waals surface area contributed by atoms with Crippen molar-refractivity contribution in [3.63, 3.8) is 0 Å². The van der Waals surface area contributed by atoms with Crippen LogP contribution in [0.2, 0.25) is 5.02 Å². The summed E-state index contributed by atoms with van der Waals surface area (Å²) in [5, 5.41) is 21.9. The molecule has 2 aromatic carbocycles. The van der Waals surface area contributed by atoms with E-state index in [9.17, 15) is 10.1 Å². The van der Waals surface area contributed by atoms with Gasteiger partial charge in [0.2, 0.25) is 0 Å². The third-order valence-corrected chi connectivity index (χ3v) is 4.04. The average Bonchev–Trinajstić information content (AvgIpc) is 3.05. The van der Waals surface area contributed by atoms with Gasteiger partial charge in [-0.3, -0.25) is 4.90 Å². The van der Waals surface area contributed by atoms with E-state index in [4.69, 9.17) is 21.4 Å². The average molecular weight is 368 g/mol. The van der Waals surface area contributed by atoms with E-state index in [0.29, 0.717) is 27.9 Å². The number of hydrogen-bond acceptors (Lipinski definition) is 5. The van der Waals surface area contributed by atoms with Crippen molar-refractivity contribution < 1.29 is 14.6 Å². The second-order valence-corrected chi connectivity index (χ2v) is 5.74. The van der Waals surface area contributed by atoms with Crippen LogP contribution in [0.25, 0.3) is 0 Å². The zero-order valence-electron chi connectivity index (χ0n) is 13.5. The predicted molar refractivity (Wildman–Crippen MR) is 98.7 cm³/mol. The highest BCUT2D eigenvalue weighted by Gasteiger charge is 2.25. The van der Waals surface area contributed by atoms with Crippen molar-refractivity contribution >= 4 is 28.9 Å². The molecule has 6 nitrogen and oxygen atoms in total. The minimum absolute atomic E-state index is 0.194. The fourth-order valence-electron chi connectivity index (χ4n) is 2.43. The number of hydrogen-bond donors (Lipinski definition) is 2. The number of para-hydroxylation sites is 1. The maximum absolute atomic E-state index is 10.8. The third kappa shape index (κ3) is 3.63. The second kappa shape index (κ2) is 7.64. The van der Waals surface area contributed by atoms with Gasteiger partial charge in [-0.1, -0.05) is 23.7 Å². The summed E-state index contributed by atoms with van der Waals surface area (Å²) in [4.78, 5) is 12.5. The predicted octanol–water partition coefficient (Wildman–Crippen LogP) is 4.19. The summed E-state index contributed by atoms with van der Waals surface area (Å²) in [7, 11) is 0. The number of nitrogens with zero attached hydrogens (tertiary/aromatic N) is 2. The molecule has 0 bridgehead atoms. The SMILES string of the molecule is N#CC1=C(/C=C/Nc2ccc(C(=O)O)cc2)OCN1c1ccccc1Cl. The van der Waals surface area contributed by atoms with Gasteiger partial charge in [0.1, 0.15) is 6.07 Å². The molecule has 0 radical (unpaired) electrons. The van der Waals surface area contributed by atoms with Crippen molar-refractivity contribution in [3.05, 3.63) is 82.8 Å². The number of carbonyl (C=O) groups is 1. The Kier molecular flexibility index (Phi) is 5.11. The third-order valence-electron chi connectivity index (χ3n) is 3.72. The molecule has 7 heteroatoms. The van der Waals surface area contributed by atoms with Crippen LogP contribution < -0.4 is 10.2 Å². The van der Waals surface area contributed by atoms with Crippen LogP contribution in [-0.2, 0) is 4.74 Å². The first kappa shape index (κ1) is 17.4. The van der Waals surface area contributed by atoms with Crippen LogP contribution in [0.15, 0.2) is 72.3 Å². The lowest BCUT2D eigenvalue weighted by atomic mass is 10.2. The van der Waals surface area contributed by atoms with Crippen LogP contribution in [0.4, 0.5) is 11.4 Å². The largest absolute Gasteiger partial charge is 0.478 e. The molecule has 0 saturated carbocycles. The molecule has 0 amide bonds. The van der Waals surface area contributed by atoms with Crippen molar-refractivity contribution in [1.29, 1.82) is 5.26 Å². The van der Waals surface area contributed by atoms with Crippen molar-refractivity contribution in [2.45, 2.75) is 0 Å². The molecule has 3 rings (SSSR count). The highest BCUT2D eigenvalue weighted by Crippen LogP contribution is 2.32. The number of nitriles is 1. The molecule has 130 valence electrons. The number of anilines is 2. The number of carboxylic acids is 1. The monoisotopic (exact) mass is 367 g/mol. The molecule has 1 aliphatic rings. The minimum atomic E-state index is -0.977. The first-order valence-electron chi connectivity index (χ1n) is 7.66. The maximum Gasteiger partial charge on any atom is 0.335 e. The summed E-state index contributed by atoms with van der Waals surface area (Å²) in [6, 6.07) is 15.7. The lowest BCUT2D eigenvalue weighted by Crippen LogP contribution is -2.18. The van der Waals surface area contributed by atoms with Crippen molar-refractivity contribution in [2.24, 2.45) is 0 Å². The normalized spacial score (nSPS) is 13.6. The maximum atomic E-state index is 10.8. The molecular weight excluding hydrogens is 354 g/mol. The van der Waals surface area contributed by atoms with E-state index in [-0.39, 0.29) is 12.3 Å². The highest BCUT2D eigenvalue weighted by atomic mass is 35.5. The van der Waals surface area contributed by atoms with Gasteiger partial charge in [-0.15, -0.1) is 0 Å². The molecule has 0 saturated heterocycles. The van der Waals surface area contributed by atoms with Crippen LogP contribution in [0.3, 0.4) is 0 Å². The minimum Gasteiger partial charge on any atom is -0.478 e. The van der Waals surface area contributed by atoms with Gasteiger partial charge in [0, 0.05) is 11.9 Å². The van der Waals surface area contributed by atoms with E-state index in [1.54, 1.807) is 35.4 Å². The molecule has 1 heterocycles. The molecule has 0 unspecified atom stereocenters. The quantitative estimate of drug-likeness (QED) is 0.824. The Labute approximate surface area is 155 Å². The summed E-state index contributed by atoms with van der Waals surface area (Å²) >= 11 is 6.19. The molecule has 0 spiro atoms. The molecule has 2 N–H and O–H groups in total. The summed E-state index contributed by atoms with van der Waals surface area (Å²) in [5.41, 5.74) is 1.98. The van der Waals surface area contributed by atoms with Crippen LogP contribution in [0.5, 0.6) is 0 Å². The number of carboxylic acid groups (broad SMARTS) is 1. The van der Waals surface area contributed by atoms with E-state index >= 15 is 0 Å². The van der Waals surface area contributed by atoms with E-state index in [2.05, 4.69) is 11.4 Å². The lowest BCUT2D eigenvalue weighted by molar-refractivity contribution is 0.0697. The number of nitrogens with one attached hydrogen (secondary N) is 1. The molecule has 0 aliphatic carbocycles. The zero-order chi connectivity index (χ0) is 18.5.